The molecule has 0 aromatic carbocycles. The maximum atomic E-state index is 10.8. The van der Waals surface area contributed by atoms with Crippen LogP contribution in [0.25, 0.3) is 11.2 Å². The molecule has 1 unspecified atom stereocenters. The molecule has 3 heterocycles. The molecule has 172 valence electrons. The number of hydrogen-bond acceptors (Lipinski definition) is 12. The van der Waals surface area contributed by atoms with Crippen molar-refractivity contribution in [2.24, 2.45) is 11.5 Å². The number of carboxylic acids is 1. The standard InChI is InChI=1S/C17H28N8O5S/c18-3-1-4-21-17-23-13(20)10-14(24-17)25(7-22-10)15-12(27)11(26)9(30-15)6-31-5-2-8(19)16(28)29/h7-9,11-12,15,26-27H,1-6,18-19H2,(H,28,29)(H3,20,21,23,24)/t8?,9-,11-,12-,15-/m1/s1. The second kappa shape index (κ2) is 10.4. The number of anilines is 2. The van der Waals surface area contributed by atoms with Crippen molar-refractivity contribution in [1.82, 2.24) is 19.5 Å². The van der Waals surface area contributed by atoms with Gasteiger partial charge in [0.1, 0.15) is 23.8 Å². The number of carboxylic acid groups (broad SMARTS) is 1. The van der Waals surface area contributed by atoms with Gasteiger partial charge in [-0.2, -0.15) is 21.7 Å². The van der Waals surface area contributed by atoms with Crippen LogP contribution in [0.4, 0.5) is 11.8 Å². The molecule has 1 fully saturated rings. The Morgan fingerprint density at radius 1 is 1.35 bits per heavy atom. The number of nitrogen functional groups attached to an aromatic ring is 1. The third-order valence-corrected chi connectivity index (χ3v) is 5.98. The lowest BCUT2D eigenvalue weighted by atomic mass is 10.1. The lowest BCUT2D eigenvalue weighted by molar-refractivity contribution is -0.138. The fourth-order valence-corrected chi connectivity index (χ4v) is 4.23. The van der Waals surface area contributed by atoms with Crippen molar-refractivity contribution >= 4 is 40.7 Å². The first-order chi connectivity index (χ1) is 14.8. The lowest BCUT2D eigenvalue weighted by Crippen LogP contribution is -2.33. The van der Waals surface area contributed by atoms with Gasteiger partial charge in [0.15, 0.2) is 17.7 Å². The molecule has 1 aliphatic heterocycles. The van der Waals surface area contributed by atoms with E-state index in [4.69, 9.17) is 27.0 Å². The summed E-state index contributed by atoms with van der Waals surface area (Å²) < 4.78 is 7.40. The molecule has 5 atom stereocenters. The molecule has 13 nitrogen and oxygen atoms in total. The van der Waals surface area contributed by atoms with Crippen LogP contribution in [-0.4, -0.2) is 89.8 Å². The van der Waals surface area contributed by atoms with Crippen molar-refractivity contribution in [2.75, 3.05) is 35.6 Å². The lowest BCUT2D eigenvalue weighted by Gasteiger charge is -2.17. The second-order valence-corrected chi connectivity index (χ2v) is 8.33. The van der Waals surface area contributed by atoms with E-state index >= 15 is 0 Å². The molecule has 0 radical (unpaired) electrons. The number of ether oxygens (including phenoxy) is 1. The number of aliphatic hydroxyl groups is 2. The summed E-state index contributed by atoms with van der Waals surface area (Å²) in [4.78, 5) is 23.6. The summed E-state index contributed by atoms with van der Waals surface area (Å²) in [5.41, 5.74) is 17.7. The minimum Gasteiger partial charge on any atom is -0.480 e. The Hall–Kier alpha value is -2.23. The first-order valence-electron chi connectivity index (χ1n) is 9.85. The number of thioether (sulfide) groups is 1. The highest BCUT2D eigenvalue weighted by Gasteiger charge is 2.44. The number of nitrogens with zero attached hydrogens (tertiary/aromatic N) is 4. The van der Waals surface area contributed by atoms with Gasteiger partial charge in [0.2, 0.25) is 5.95 Å². The van der Waals surface area contributed by atoms with Gasteiger partial charge in [0.25, 0.3) is 0 Å². The van der Waals surface area contributed by atoms with E-state index in [9.17, 15) is 15.0 Å². The van der Waals surface area contributed by atoms with Crippen LogP contribution >= 0.6 is 11.8 Å². The van der Waals surface area contributed by atoms with Crippen LogP contribution in [0.2, 0.25) is 0 Å². The molecule has 1 aliphatic rings. The Labute approximate surface area is 182 Å². The number of aliphatic carboxylic acids is 1. The third-order valence-electron chi connectivity index (χ3n) is 4.90. The van der Waals surface area contributed by atoms with E-state index in [0.29, 0.717) is 41.7 Å². The number of imidazole rings is 1. The zero-order valence-corrected chi connectivity index (χ0v) is 17.6. The Bertz CT molecular complexity index is 899. The number of fused-ring (bicyclic) bond motifs is 1. The Morgan fingerprint density at radius 2 is 2.13 bits per heavy atom. The van der Waals surface area contributed by atoms with Crippen molar-refractivity contribution in [3.63, 3.8) is 0 Å². The molecule has 3 rings (SSSR count). The van der Waals surface area contributed by atoms with Gasteiger partial charge in [-0.3, -0.25) is 9.36 Å². The average Bonchev–Trinajstić information content (AvgIpc) is 3.27. The van der Waals surface area contributed by atoms with Crippen LogP contribution in [0.3, 0.4) is 0 Å². The molecule has 0 saturated carbocycles. The Balaban J connectivity index is 1.69. The summed E-state index contributed by atoms with van der Waals surface area (Å²) in [7, 11) is 0. The molecule has 0 aliphatic carbocycles. The van der Waals surface area contributed by atoms with Crippen molar-refractivity contribution in [2.45, 2.75) is 43.4 Å². The highest BCUT2D eigenvalue weighted by molar-refractivity contribution is 7.99. The molecule has 0 bridgehead atoms. The molecular weight excluding hydrogens is 428 g/mol. The molecule has 0 spiro atoms. The molecular formula is C17H28N8O5S. The summed E-state index contributed by atoms with van der Waals surface area (Å²) in [5, 5.41) is 32.8. The van der Waals surface area contributed by atoms with Crippen molar-refractivity contribution in [3.8, 4) is 0 Å². The van der Waals surface area contributed by atoms with Crippen LogP contribution < -0.4 is 22.5 Å². The quantitative estimate of drug-likeness (QED) is 0.188. The van der Waals surface area contributed by atoms with E-state index in [2.05, 4.69) is 20.3 Å². The number of aliphatic hydroxyl groups excluding tert-OH is 2. The summed E-state index contributed by atoms with van der Waals surface area (Å²) in [6.07, 6.45) is -1.48. The third kappa shape index (κ3) is 5.34. The zero-order chi connectivity index (χ0) is 22.5. The van der Waals surface area contributed by atoms with E-state index < -0.39 is 36.6 Å². The molecule has 14 heteroatoms. The van der Waals surface area contributed by atoms with Crippen molar-refractivity contribution in [3.05, 3.63) is 6.33 Å². The average molecular weight is 457 g/mol. The van der Waals surface area contributed by atoms with Gasteiger partial charge in [-0.1, -0.05) is 0 Å². The number of aromatic nitrogens is 4. The molecule has 10 N–H and O–H groups in total. The van der Waals surface area contributed by atoms with Crippen molar-refractivity contribution in [1.29, 1.82) is 0 Å². The highest BCUT2D eigenvalue weighted by Crippen LogP contribution is 2.33. The van der Waals surface area contributed by atoms with Gasteiger partial charge in [-0.05, 0) is 25.1 Å². The topological polar surface area (TPSA) is 221 Å². The summed E-state index contributed by atoms with van der Waals surface area (Å²) in [6, 6.07) is -0.935. The minimum atomic E-state index is -1.21. The van der Waals surface area contributed by atoms with E-state index in [1.165, 1.54) is 22.7 Å². The zero-order valence-electron chi connectivity index (χ0n) is 16.8. The number of rotatable bonds is 11. The number of nitrogens with one attached hydrogen (secondary N) is 1. The first-order valence-corrected chi connectivity index (χ1v) is 11.0. The maximum Gasteiger partial charge on any atom is 0.320 e. The summed E-state index contributed by atoms with van der Waals surface area (Å²) >= 11 is 1.39. The fourth-order valence-electron chi connectivity index (χ4n) is 3.14. The molecule has 31 heavy (non-hydrogen) atoms. The van der Waals surface area contributed by atoms with Crippen LogP contribution in [-0.2, 0) is 9.53 Å². The van der Waals surface area contributed by atoms with Gasteiger partial charge >= 0.3 is 5.97 Å². The van der Waals surface area contributed by atoms with Crippen molar-refractivity contribution < 1.29 is 24.9 Å². The SMILES string of the molecule is NCCCNc1nc(N)c2ncn([C@@H]3O[C@H](CSCCC(N)C(=O)O)[C@@H](O)[C@H]3O)c2n1. The predicted octanol–water partition coefficient (Wildman–Crippen LogP) is -1.68. The Kier molecular flexibility index (Phi) is 7.85. The first kappa shape index (κ1) is 23.4. The molecule has 0 amide bonds. The van der Waals surface area contributed by atoms with Gasteiger partial charge in [0.05, 0.1) is 12.4 Å². The fraction of sp³-hybridized carbons (Fsp3) is 0.647. The molecule has 2 aromatic rings. The van der Waals surface area contributed by atoms with Crippen LogP contribution in [0, 0.1) is 0 Å². The monoisotopic (exact) mass is 456 g/mol. The Morgan fingerprint density at radius 3 is 2.84 bits per heavy atom. The summed E-state index contributed by atoms with van der Waals surface area (Å²) in [6.45, 7) is 1.09. The second-order valence-electron chi connectivity index (χ2n) is 7.18. The minimum absolute atomic E-state index is 0.175. The van der Waals surface area contributed by atoms with E-state index in [-0.39, 0.29) is 12.2 Å². The van der Waals surface area contributed by atoms with Gasteiger partial charge in [-0.25, -0.2) is 4.98 Å². The summed E-state index contributed by atoms with van der Waals surface area (Å²) in [5.74, 6) is 0.259. The number of nitrogens with two attached hydrogens (primary N) is 3. The number of hydrogen-bond donors (Lipinski definition) is 7. The van der Waals surface area contributed by atoms with E-state index in [1.807, 2.05) is 0 Å². The van der Waals surface area contributed by atoms with Gasteiger partial charge < -0.3 is 42.6 Å². The van der Waals surface area contributed by atoms with Crippen LogP contribution in [0.1, 0.15) is 19.1 Å². The van der Waals surface area contributed by atoms with E-state index in [0.717, 1.165) is 6.42 Å². The maximum absolute atomic E-state index is 10.8. The van der Waals surface area contributed by atoms with Crippen LogP contribution in [0.5, 0.6) is 0 Å². The van der Waals surface area contributed by atoms with E-state index in [1.54, 1.807) is 0 Å². The smallest absolute Gasteiger partial charge is 0.320 e. The number of carbonyl (C=O) groups is 1. The largest absolute Gasteiger partial charge is 0.480 e. The highest BCUT2D eigenvalue weighted by atomic mass is 32.2. The normalized spacial score (nSPS) is 24.5. The van der Waals surface area contributed by atoms with Crippen LogP contribution in [0.15, 0.2) is 6.33 Å². The van der Waals surface area contributed by atoms with Gasteiger partial charge in [-0.15, -0.1) is 0 Å². The molecule has 2 aromatic heterocycles. The molecule has 1 saturated heterocycles. The predicted molar refractivity (Wildman–Crippen MR) is 115 cm³/mol. The van der Waals surface area contributed by atoms with Gasteiger partial charge in [0, 0.05) is 12.3 Å².